The number of amides is 1. The minimum atomic E-state index is -0.0336. The van der Waals surface area contributed by atoms with Crippen molar-refractivity contribution in [3.8, 4) is 0 Å². The van der Waals surface area contributed by atoms with Gasteiger partial charge in [-0.25, -0.2) is 0 Å². The Bertz CT molecular complexity index is 408. The van der Waals surface area contributed by atoms with Crippen LogP contribution in [0.5, 0.6) is 0 Å². The minimum absolute atomic E-state index is 0.0336. The summed E-state index contributed by atoms with van der Waals surface area (Å²) in [6.45, 7) is 2.24. The van der Waals surface area contributed by atoms with E-state index in [1.807, 2.05) is 11.9 Å². The first-order valence-electron chi connectivity index (χ1n) is 6.63. The molecule has 0 bridgehead atoms. The zero-order chi connectivity index (χ0) is 13.1. The van der Waals surface area contributed by atoms with Gasteiger partial charge in [-0.2, -0.15) is 0 Å². The Hall–Kier alpha value is -0.960. The maximum Gasteiger partial charge on any atom is 0.258 e. The molecule has 0 aromatic carbocycles. The first-order valence-corrected chi connectivity index (χ1v) is 7.01. The van der Waals surface area contributed by atoms with Gasteiger partial charge in [0, 0.05) is 13.1 Å². The highest BCUT2D eigenvalue weighted by Gasteiger charge is 2.27. The summed E-state index contributed by atoms with van der Waals surface area (Å²) >= 11 is 5.85. The molecule has 0 radical (unpaired) electrons. The van der Waals surface area contributed by atoms with Gasteiger partial charge in [0.05, 0.1) is 11.8 Å². The fourth-order valence-corrected chi connectivity index (χ4v) is 2.94. The third-order valence-corrected chi connectivity index (χ3v) is 4.40. The highest BCUT2D eigenvalue weighted by atomic mass is 35.5. The topological polar surface area (TPSA) is 33.5 Å². The Morgan fingerprint density at radius 1 is 1.44 bits per heavy atom. The summed E-state index contributed by atoms with van der Waals surface area (Å²) in [5.74, 6) is 0.802. The number of hydrogen-bond donors (Lipinski definition) is 0. The molecule has 1 aliphatic carbocycles. The second kappa shape index (κ2) is 5.79. The van der Waals surface area contributed by atoms with E-state index in [4.69, 9.17) is 16.0 Å². The van der Waals surface area contributed by atoms with Gasteiger partial charge in [0.15, 0.2) is 0 Å². The highest BCUT2D eigenvalue weighted by Crippen LogP contribution is 2.30. The molecule has 3 nitrogen and oxygen atoms in total. The van der Waals surface area contributed by atoms with Crippen molar-refractivity contribution >= 4 is 17.5 Å². The molecule has 0 N–H and O–H groups in total. The van der Waals surface area contributed by atoms with E-state index < -0.39 is 0 Å². The number of furan rings is 1. The third kappa shape index (κ3) is 2.72. The lowest BCUT2D eigenvalue weighted by molar-refractivity contribution is 0.0674. The van der Waals surface area contributed by atoms with Crippen LogP contribution in [-0.2, 0) is 0 Å². The van der Waals surface area contributed by atoms with Crippen LogP contribution in [0.4, 0.5) is 0 Å². The van der Waals surface area contributed by atoms with Gasteiger partial charge in [0.1, 0.15) is 0 Å². The molecule has 1 amide bonds. The predicted octanol–water partition coefficient (Wildman–Crippen LogP) is 3.97. The van der Waals surface area contributed by atoms with Crippen LogP contribution >= 0.6 is 11.6 Å². The van der Waals surface area contributed by atoms with Gasteiger partial charge in [0.25, 0.3) is 5.91 Å². The molecule has 4 heteroatoms. The van der Waals surface area contributed by atoms with E-state index in [9.17, 15) is 4.79 Å². The lowest BCUT2D eigenvalue weighted by atomic mass is 9.84. The molecule has 0 saturated heterocycles. The minimum Gasteiger partial charge on any atom is -0.452 e. The molecule has 2 rings (SSSR count). The molecular weight excluding hydrogens is 250 g/mol. The van der Waals surface area contributed by atoms with Gasteiger partial charge in [0.2, 0.25) is 5.22 Å². The standard InChI is InChI=1S/C14H20ClNO2/c1-3-10-4-6-11(7-5-10)16(2)14(17)12-8-9-18-13(12)15/h8-11H,3-7H2,1-2H3. The number of rotatable bonds is 3. The average molecular weight is 270 g/mol. The molecule has 0 aliphatic heterocycles. The summed E-state index contributed by atoms with van der Waals surface area (Å²) in [5, 5.41) is 0.189. The molecule has 0 spiro atoms. The number of carbonyl (C=O) groups excluding carboxylic acids is 1. The van der Waals surface area contributed by atoms with Crippen molar-refractivity contribution in [3.63, 3.8) is 0 Å². The molecule has 1 heterocycles. The summed E-state index contributed by atoms with van der Waals surface area (Å²) < 4.78 is 4.98. The predicted molar refractivity (Wildman–Crippen MR) is 71.8 cm³/mol. The first-order chi connectivity index (χ1) is 8.63. The van der Waals surface area contributed by atoms with E-state index in [0.717, 1.165) is 18.8 Å². The number of halogens is 1. The second-order valence-electron chi connectivity index (χ2n) is 5.11. The van der Waals surface area contributed by atoms with Crippen molar-refractivity contribution < 1.29 is 9.21 Å². The van der Waals surface area contributed by atoms with E-state index >= 15 is 0 Å². The van der Waals surface area contributed by atoms with Crippen LogP contribution in [0.2, 0.25) is 5.22 Å². The van der Waals surface area contributed by atoms with Crippen molar-refractivity contribution in [3.05, 3.63) is 23.1 Å². The van der Waals surface area contributed by atoms with Crippen LogP contribution in [0.25, 0.3) is 0 Å². The summed E-state index contributed by atoms with van der Waals surface area (Å²) in [6.07, 6.45) is 7.33. The summed E-state index contributed by atoms with van der Waals surface area (Å²) in [5.41, 5.74) is 0.469. The zero-order valence-corrected chi connectivity index (χ0v) is 11.7. The van der Waals surface area contributed by atoms with Crippen LogP contribution < -0.4 is 0 Å². The fourth-order valence-electron chi connectivity index (χ4n) is 2.74. The number of hydrogen-bond acceptors (Lipinski definition) is 2. The molecule has 1 aromatic rings. The maximum absolute atomic E-state index is 12.3. The van der Waals surface area contributed by atoms with Crippen LogP contribution in [0.1, 0.15) is 49.4 Å². The third-order valence-electron chi connectivity index (χ3n) is 4.11. The molecular formula is C14H20ClNO2. The SMILES string of the molecule is CCC1CCC(N(C)C(=O)c2ccoc2Cl)CC1. The normalized spacial score (nSPS) is 23.9. The van der Waals surface area contributed by atoms with Gasteiger partial charge < -0.3 is 9.32 Å². The van der Waals surface area contributed by atoms with Crippen molar-refractivity contribution in [2.45, 2.75) is 45.1 Å². The molecule has 100 valence electrons. The molecule has 1 saturated carbocycles. The Morgan fingerprint density at radius 3 is 2.61 bits per heavy atom. The van der Waals surface area contributed by atoms with Crippen LogP contribution in [0.3, 0.4) is 0 Å². The zero-order valence-electron chi connectivity index (χ0n) is 11.0. The van der Waals surface area contributed by atoms with Gasteiger partial charge >= 0.3 is 0 Å². The van der Waals surface area contributed by atoms with E-state index in [1.165, 1.54) is 25.5 Å². The largest absolute Gasteiger partial charge is 0.452 e. The Balaban J connectivity index is 1.98. The summed E-state index contributed by atoms with van der Waals surface area (Å²) in [7, 11) is 1.86. The van der Waals surface area contributed by atoms with Gasteiger partial charge in [-0.15, -0.1) is 0 Å². The van der Waals surface area contributed by atoms with E-state index in [0.29, 0.717) is 11.6 Å². The highest BCUT2D eigenvalue weighted by molar-refractivity contribution is 6.32. The van der Waals surface area contributed by atoms with Crippen molar-refractivity contribution in [2.24, 2.45) is 5.92 Å². The lowest BCUT2D eigenvalue weighted by Crippen LogP contribution is -2.39. The number of carbonyl (C=O) groups is 1. The smallest absolute Gasteiger partial charge is 0.258 e. The van der Waals surface area contributed by atoms with Crippen LogP contribution in [0, 0.1) is 5.92 Å². The van der Waals surface area contributed by atoms with E-state index in [1.54, 1.807) is 6.07 Å². The fraction of sp³-hybridized carbons (Fsp3) is 0.643. The van der Waals surface area contributed by atoms with Crippen LogP contribution in [-0.4, -0.2) is 23.9 Å². The van der Waals surface area contributed by atoms with Gasteiger partial charge in [-0.3, -0.25) is 4.79 Å². The lowest BCUT2D eigenvalue weighted by Gasteiger charge is -2.34. The van der Waals surface area contributed by atoms with E-state index in [-0.39, 0.29) is 11.1 Å². The summed E-state index contributed by atoms with van der Waals surface area (Å²) in [6, 6.07) is 1.98. The second-order valence-corrected chi connectivity index (χ2v) is 5.45. The van der Waals surface area contributed by atoms with Crippen molar-refractivity contribution in [1.29, 1.82) is 0 Å². The molecule has 0 unspecified atom stereocenters. The summed E-state index contributed by atoms with van der Waals surface area (Å²) in [4.78, 5) is 14.1. The van der Waals surface area contributed by atoms with Crippen molar-refractivity contribution in [2.75, 3.05) is 7.05 Å². The Morgan fingerprint density at radius 2 is 2.11 bits per heavy atom. The Kier molecular flexibility index (Phi) is 4.33. The molecule has 1 fully saturated rings. The average Bonchev–Trinajstić information content (AvgIpc) is 2.83. The quantitative estimate of drug-likeness (QED) is 0.832. The van der Waals surface area contributed by atoms with E-state index in [2.05, 4.69) is 6.92 Å². The monoisotopic (exact) mass is 269 g/mol. The molecule has 0 atom stereocenters. The first kappa shape index (κ1) is 13.5. The maximum atomic E-state index is 12.3. The molecule has 1 aromatic heterocycles. The van der Waals surface area contributed by atoms with Crippen molar-refractivity contribution in [1.82, 2.24) is 4.90 Å². The molecule has 18 heavy (non-hydrogen) atoms. The Labute approximate surface area is 113 Å². The van der Waals surface area contributed by atoms with Gasteiger partial charge in [-0.1, -0.05) is 13.3 Å². The van der Waals surface area contributed by atoms with Gasteiger partial charge in [-0.05, 0) is 49.3 Å². The molecule has 1 aliphatic rings. The van der Waals surface area contributed by atoms with Crippen LogP contribution in [0.15, 0.2) is 16.7 Å². The number of nitrogens with zero attached hydrogens (tertiary/aromatic N) is 1.